The van der Waals surface area contributed by atoms with Crippen LogP contribution in [0, 0.1) is 25.2 Å². The lowest BCUT2D eigenvalue weighted by molar-refractivity contribution is 0.471. The van der Waals surface area contributed by atoms with Crippen molar-refractivity contribution in [1.29, 1.82) is 5.26 Å². The van der Waals surface area contributed by atoms with Gasteiger partial charge in [0.25, 0.3) is 0 Å². The summed E-state index contributed by atoms with van der Waals surface area (Å²) in [5, 5.41) is 18.4. The van der Waals surface area contributed by atoms with Crippen LogP contribution in [0.4, 0.5) is 0 Å². The second-order valence-electron chi connectivity index (χ2n) is 4.03. The van der Waals surface area contributed by atoms with Gasteiger partial charge in [-0.1, -0.05) is 0 Å². The fourth-order valence-electron chi connectivity index (χ4n) is 1.69. The van der Waals surface area contributed by atoms with Gasteiger partial charge in [0.1, 0.15) is 17.5 Å². The van der Waals surface area contributed by atoms with Crippen molar-refractivity contribution in [2.24, 2.45) is 0 Å². The number of hydrogen-bond donors (Lipinski definition) is 1. The van der Waals surface area contributed by atoms with Gasteiger partial charge in [0.2, 0.25) is 0 Å². The van der Waals surface area contributed by atoms with Crippen LogP contribution in [0.5, 0.6) is 5.75 Å². The van der Waals surface area contributed by atoms with E-state index >= 15 is 0 Å². The topological polar surface area (TPSA) is 56.9 Å². The summed E-state index contributed by atoms with van der Waals surface area (Å²) in [4.78, 5) is 4.25. The van der Waals surface area contributed by atoms with Crippen molar-refractivity contribution in [3.63, 3.8) is 0 Å². The molecule has 2 rings (SSSR count). The molecule has 0 aliphatic rings. The Balaban J connectivity index is 2.56. The van der Waals surface area contributed by atoms with Gasteiger partial charge >= 0.3 is 0 Å². The van der Waals surface area contributed by atoms with Crippen LogP contribution >= 0.6 is 0 Å². The van der Waals surface area contributed by atoms with Crippen molar-refractivity contribution in [2.45, 2.75) is 13.8 Å². The van der Waals surface area contributed by atoms with E-state index < -0.39 is 0 Å². The molecule has 3 nitrogen and oxygen atoms in total. The number of aromatic hydroxyl groups is 1. The fraction of sp³-hybridized carbons (Fsp3) is 0.143. The zero-order valence-electron chi connectivity index (χ0n) is 9.73. The highest BCUT2D eigenvalue weighted by Crippen LogP contribution is 2.24. The second kappa shape index (κ2) is 4.26. The molecule has 0 radical (unpaired) electrons. The standard InChI is InChI=1S/C14H12N2O/c1-9-5-12(8-15)16-13(6-9)11-3-4-14(17)10(2)7-11/h3-7,17H,1-2H3. The highest BCUT2D eigenvalue weighted by atomic mass is 16.3. The van der Waals surface area contributed by atoms with E-state index in [1.807, 2.05) is 32.0 Å². The SMILES string of the molecule is Cc1cc(C#N)nc(-c2ccc(O)c(C)c2)c1. The quantitative estimate of drug-likeness (QED) is 0.810. The third-order valence-corrected chi connectivity index (χ3v) is 2.58. The Kier molecular flexibility index (Phi) is 2.80. The molecular formula is C14H12N2O. The number of phenols is 1. The first-order valence-corrected chi connectivity index (χ1v) is 5.29. The fourth-order valence-corrected chi connectivity index (χ4v) is 1.69. The molecule has 1 aromatic carbocycles. The lowest BCUT2D eigenvalue weighted by Crippen LogP contribution is -1.90. The van der Waals surface area contributed by atoms with E-state index in [4.69, 9.17) is 5.26 Å². The maximum Gasteiger partial charge on any atom is 0.141 e. The molecule has 0 aliphatic carbocycles. The first kappa shape index (κ1) is 11.2. The third-order valence-electron chi connectivity index (χ3n) is 2.58. The van der Waals surface area contributed by atoms with Crippen molar-refractivity contribution in [2.75, 3.05) is 0 Å². The number of rotatable bonds is 1. The van der Waals surface area contributed by atoms with Crippen LogP contribution in [0.25, 0.3) is 11.3 Å². The van der Waals surface area contributed by atoms with Gasteiger partial charge in [0.15, 0.2) is 0 Å². The van der Waals surface area contributed by atoms with Gasteiger partial charge in [-0.15, -0.1) is 0 Å². The molecule has 0 aliphatic heterocycles. The van der Waals surface area contributed by atoms with Crippen LogP contribution in [-0.2, 0) is 0 Å². The van der Waals surface area contributed by atoms with Crippen LogP contribution in [-0.4, -0.2) is 10.1 Å². The number of nitrogens with zero attached hydrogens (tertiary/aromatic N) is 2. The largest absolute Gasteiger partial charge is 0.508 e. The molecule has 0 atom stereocenters. The first-order chi connectivity index (χ1) is 8.10. The summed E-state index contributed by atoms with van der Waals surface area (Å²) < 4.78 is 0. The van der Waals surface area contributed by atoms with Crippen LogP contribution in [0.1, 0.15) is 16.8 Å². The summed E-state index contributed by atoms with van der Waals surface area (Å²) in [5.41, 5.74) is 3.86. The third kappa shape index (κ3) is 2.26. The summed E-state index contributed by atoms with van der Waals surface area (Å²) in [6.45, 7) is 3.76. The minimum absolute atomic E-state index is 0.266. The minimum atomic E-state index is 0.266. The number of nitriles is 1. The van der Waals surface area contributed by atoms with Crippen LogP contribution in [0.15, 0.2) is 30.3 Å². The van der Waals surface area contributed by atoms with Crippen molar-refractivity contribution >= 4 is 0 Å². The summed E-state index contributed by atoms with van der Waals surface area (Å²) in [6, 6.07) is 11.0. The predicted molar refractivity (Wildman–Crippen MR) is 65.5 cm³/mol. The number of aryl methyl sites for hydroxylation is 2. The Morgan fingerprint density at radius 3 is 2.59 bits per heavy atom. The number of hydrogen-bond acceptors (Lipinski definition) is 3. The van der Waals surface area contributed by atoms with E-state index in [1.54, 1.807) is 18.2 Å². The molecule has 0 unspecified atom stereocenters. The van der Waals surface area contributed by atoms with Gasteiger partial charge in [-0.25, -0.2) is 4.98 Å². The van der Waals surface area contributed by atoms with Crippen LogP contribution in [0.3, 0.4) is 0 Å². The maximum absolute atomic E-state index is 9.47. The highest BCUT2D eigenvalue weighted by Gasteiger charge is 2.05. The molecule has 84 valence electrons. The van der Waals surface area contributed by atoms with Crippen LogP contribution in [0.2, 0.25) is 0 Å². The van der Waals surface area contributed by atoms with Crippen molar-refractivity contribution in [1.82, 2.24) is 4.98 Å². The summed E-state index contributed by atoms with van der Waals surface area (Å²) in [5.74, 6) is 0.266. The summed E-state index contributed by atoms with van der Waals surface area (Å²) in [7, 11) is 0. The van der Waals surface area contributed by atoms with Gasteiger partial charge in [-0.2, -0.15) is 5.26 Å². The monoisotopic (exact) mass is 224 g/mol. The zero-order chi connectivity index (χ0) is 12.4. The van der Waals surface area contributed by atoms with E-state index in [9.17, 15) is 5.11 Å². The minimum Gasteiger partial charge on any atom is -0.508 e. The van der Waals surface area contributed by atoms with E-state index in [2.05, 4.69) is 4.98 Å². The number of aromatic nitrogens is 1. The second-order valence-corrected chi connectivity index (χ2v) is 4.03. The van der Waals surface area contributed by atoms with E-state index in [1.165, 1.54) is 0 Å². The van der Waals surface area contributed by atoms with Gasteiger partial charge in [-0.3, -0.25) is 0 Å². The lowest BCUT2D eigenvalue weighted by Gasteiger charge is -2.05. The Morgan fingerprint density at radius 1 is 1.18 bits per heavy atom. The predicted octanol–water partition coefficient (Wildman–Crippen LogP) is 2.94. The van der Waals surface area contributed by atoms with Crippen molar-refractivity contribution in [3.05, 3.63) is 47.2 Å². The Bertz CT molecular complexity index is 612. The summed E-state index contributed by atoms with van der Waals surface area (Å²) in [6.07, 6.45) is 0. The molecule has 0 spiro atoms. The Hall–Kier alpha value is -2.34. The molecule has 17 heavy (non-hydrogen) atoms. The lowest BCUT2D eigenvalue weighted by atomic mass is 10.1. The molecule has 1 heterocycles. The Morgan fingerprint density at radius 2 is 1.94 bits per heavy atom. The van der Waals surface area contributed by atoms with Gasteiger partial charge in [0, 0.05) is 5.56 Å². The average Bonchev–Trinajstić information content (AvgIpc) is 2.32. The van der Waals surface area contributed by atoms with Gasteiger partial charge in [-0.05, 0) is 55.3 Å². The maximum atomic E-state index is 9.47. The smallest absolute Gasteiger partial charge is 0.141 e. The molecule has 0 fully saturated rings. The number of benzene rings is 1. The van der Waals surface area contributed by atoms with E-state index in [0.29, 0.717) is 5.69 Å². The molecule has 0 saturated heterocycles. The van der Waals surface area contributed by atoms with Gasteiger partial charge < -0.3 is 5.11 Å². The van der Waals surface area contributed by atoms with Crippen molar-refractivity contribution < 1.29 is 5.11 Å². The molecular weight excluding hydrogens is 212 g/mol. The summed E-state index contributed by atoms with van der Waals surface area (Å²) >= 11 is 0. The first-order valence-electron chi connectivity index (χ1n) is 5.29. The molecule has 0 bridgehead atoms. The molecule has 0 saturated carbocycles. The molecule has 3 heteroatoms. The number of pyridine rings is 1. The van der Waals surface area contributed by atoms with Crippen LogP contribution < -0.4 is 0 Å². The van der Waals surface area contributed by atoms with Crippen molar-refractivity contribution in [3.8, 4) is 23.1 Å². The average molecular weight is 224 g/mol. The van der Waals surface area contributed by atoms with E-state index in [-0.39, 0.29) is 5.75 Å². The highest BCUT2D eigenvalue weighted by molar-refractivity contribution is 5.63. The van der Waals surface area contributed by atoms with Gasteiger partial charge in [0.05, 0.1) is 5.69 Å². The molecule has 1 aromatic heterocycles. The molecule has 2 aromatic rings. The molecule has 1 N–H and O–H groups in total. The van der Waals surface area contributed by atoms with E-state index in [0.717, 1.165) is 22.4 Å². The Labute approximate surface area is 100.0 Å². The normalized spacial score (nSPS) is 9.94. The number of phenolic OH excluding ortho intramolecular Hbond substituents is 1. The molecule has 0 amide bonds. The zero-order valence-corrected chi connectivity index (χ0v) is 9.73.